The van der Waals surface area contributed by atoms with Crippen LogP contribution in [0.2, 0.25) is 0 Å². The van der Waals surface area contributed by atoms with Crippen molar-refractivity contribution in [3.05, 3.63) is 23.9 Å². The Morgan fingerprint density at radius 1 is 1.28 bits per heavy atom. The van der Waals surface area contributed by atoms with Gasteiger partial charge in [0.2, 0.25) is 5.88 Å². The average molecular weight is 342 g/mol. The molecule has 1 atom stereocenters. The number of ether oxygens (including phenoxy) is 1. The first kappa shape index (κ1) is 17.7. The van der Waals surface area contributed by atoms with Crippen molar-refractivity contribution in [3.63, 3.8) is 0 Å². The molecule has 1 saturated heterocycles. The Labute approximate surface area is 149 Å². The number of carbonyl (C=O) groups is 1. The van der Waals surface area contributed by atoms with Crippen LogP contribution in [0.1, 0.15) is 42.5 Å². The van der Waals surface area contributed by atoms with Crippen molar-refractivity contribution in [1.29, 1.82) is 5.26 Å². The molecule has 1 amide bonds. The van der Waals surface area contributed by atoms with Gasteiger partial charge < -0.3 is 9.64 Å². The highest BCUT2D eigenvalue weighted by Gasteiger charge is 2.32. The van der Waals surface area contributed by atoms with E-state index in [4.69, 9.17) is 4.74 Å². The van der Waals surface area contributed by atoms with Crippen LogP contribution < -0.4 is 4.74 Å². The number of piperazine rings is 1. The Balaban J connectivity index is 1.61. The van der Waals surface area contributed by atoms with E-state index in [2.05, 4.69) is 16.0 Å². The number of rotatable bonds is 4. The predicted molar refractivity (Wildman–Crippen MR) is 94.2 cm³/mol. The molecule has 0 N–H and O–H groups in total. The summed E-state index contributed by atoms with van der Waals surface area (Å²) in [6, 6.07) is 6.02. The van der Waals surface area contributed by atoms with Gasteiger partial charge in [0, 0.05) is 32.4 Å². The van der Waals surface area contributed by atoms with Crippen LogP contribution in [0.5, 0.6) is 5.88 Å². The minimum Gasteiger partial charge on any atom is -0.480 e. The van der Waals surface area contributed by atoms with Crippen LogP contribution in [0, 0.1) is 17.2 Å². The number of carbonyl (C=O) groups excluding carboxylic acids is 1. The van der Waals surface area contributed by atoms with Crippen LogP contribution in [0.3, 0.4) is 0 Å². The number of hydrogen-bond acceptors (Lipinski definition) is 5. The summed E-state index contributed by atoms with van der Waals surface area (Å²) >= 11 is 0. The maximum absolute atomic E-state index is 12.7. The molecule has 1 aromatic rings. The monoisotopic (exact) mass is 342 g/mol. The van der Waals surface area contributed by atoms with Crippen molar-refractivity contribution in [2.75, 3.05) is 33.3 Å². The summed E-state index contributed by atoms with van der Waals surface area (Å²) in [6.07, 6.45) is 7.71. The lowest BCUT2D eigenvalue weighted by atomic mass is 9.83. The van der Waals surface area contributed by atoms with Gasteiger partial charge in [0.1, 0.15) is 11.6 Å². The predicted octanol–water partition coefficient (Wildman–Crippen LogP) is 2.32. The number of hydrogen-bond donors (Lipinski definition) is 0. The molecular weight excluding hydrogens is 316 g/mol. The van der Waals surface area contributed by atoms with Gasteiger partial charge in [-0.15, -0.1) is 0 Å². The van der Waals surface area contributed by atoms with E-state index in [9.17, 15) is 10.1 Å². The Morgan fingerprint density at radius 2 is 2.00 bits per heavy atom. The zero-order chi connectivity index (χ0) is 17.6. The molecule has 2 aliphatic rings. The van der Waals surface area contributed by atoms with Crippen LogP contribution in [0.25, 0.3) is 0 Å². The highest BCUT2D eigenvalue weighted by atomic mass is 16.5. The molecule has 134 valence electrons. The van der Waals surface area contributed by atoms with Gasteiger partial charge in [-0.05, 0) is 30.9 Å². The van der Waals surface area contributed by atoms with E-state index in [0.29, 0.717) is 30.5 Å². The molecule has 1 aromatic heterocycles. The number of nitrogens with zero attached hydrogens (tertiary/aromatic N) is 4. The van der Waals surface area contributed by atoms with Gasteiger partial charge in [0.05, 0.1) is 13.2 Å². The van der Waals surface area contributed by atoms with Gasteiger partial charge in [-0.3, -0.25) is 9.69 Å². The smallest absolute Gasteiger partial charge is 0.259 e. The highest BCUT2D eigenvalue weighted by Crippen LogP contribution is 2.29. The molecule has 1 aliphatic heterocycles. The van der Waals surface area contributed by atoms with Crippen LogP contribution in [0.4, 0.5) is 0 Å². The summed E-state index contributed by atoms with van der Waals surface area (Å²) in [5.41, 5.74) is 0.502. The zero-order valence-electron chi connectivity index (χ0n) is 14.9. The Kier molecular flexibility index (Phi) is 5.87. The lowest BCUT2D eigenvalue weighted by molar-refractivity contribution is 0.0535. The molecule has 2 heterocycles. The maximum Gasteiger partial charge on any atom is 0.259 e. The molecular formula is C19H26N4O2. The third-order valence-corrected chi connectivity index (χ3v) is 5.42. The quantitative estimate of drug-likeness (QED) is 0.840. The molecule has 1 aliphatic carbocycles. The standard InChI is InChI=1S/C19H26N4O2/c1-25-18-16(8-5-9-21-18)19(24)23-12-10-22(11-13-23)17(14-20)15-6-3-2-4-7-15/h5,8-9,15,17H,2-4,6-7,10-13H2,1H3/t17-/m0/s1. The lowest BCUT2D eigenvalue weighted by Crippen LogP contribution is -2.53. The second kappa shape index (κ2) is 8.30. The SMILES string of the molecule is COc1ncccc1C(=O)N1CCN([C@@H](C#N)C2CCCCC2)CC1. The van der Waals surface area contributed by atoms with Crippen LogP contribution in [-0.2, 0) is 0 Å². The molecule has 25 heavy (non-hydrogen) atoms. The maximum atomic E-state index is 12.7. The number of nitriles is 1. The largest absolute Gasteiger partial charge is 0.480 e. The molecule has 0 bridgehead atoms. The lowest BCUT2D eigenvalue weighted by Gasteiger charge is -2.40. The summed E-state index contributed by atoms with van der Waals surface area (Å²) in [6.45, 7) is 2.79. The molecule has 0 spiro atoms. The Bertz CT molecular complexity index is 629. The first-order valence-electron chi connectivity index (χ1n) is 9.16. The van der Waals surface area contributed by atoms with Gasteiger partial charge in [-0.25, -0.2) is 4.98 Å². The second-order valence-electron chi connectivity index (χ2n) is 6.86. The van der Waals surface area contributed by atoms with E-state index in [1.807, 2.05) is 4.90 Å². The highest BCUT2D eigenvalue weighted by molar-refractivity contribution is 5.96. The molecule has 3 rings (SSSR count). The zero-order valence-corrected chi connectivity index (χ0v) is 14.9. The fraction of sp³-hybridized carbons (Fsp3) is 0.632. The normalized spacial score (nSPS) is 20.7. The Hall–Kier alpha value is -2.13. The minimum atomic E-state index is -0.0456. The summed E-state index contributed by atoms with van der Waals surface area (Å²) in [5, 5.41) is 9.65. The molecule has 0 radical (unpaired) electrons. The van der Waals surface area contributed by atoms with E-state index >= 15 is 0 Å². The summed E-state index contributed by atoms with van der Waals surface area (Å²) in [4.78, 5) is 21.0. The molecule has 6 heteroatoms. The van der Waals surface area contributed by atoms with Crippen LogP contribution in [0.15, 0.2) is 18.3 Å². The topological polar surface area (TPSA) is 69.5 Å². The second-order valence-corrected chi connectivity index (χ2v) is 6.86. The number of amides is 1. The van der Waals surface area contributed by atoms with E-state index in [-0.39, 0.29) is 11.9 Å². The summed E-state index contributed by atoms with van der Waals surface area (Å²) in [7, 11) is 1.53. The van der Waals surface area contributed by atoms with E-state index in [1.54, 1.807) is 18.3 Å². The van der Waals surface area contributed by atoms with Gasteiger partial charge in [-0.1, -0.05) is 19.3 Å². The minimum absolute atomic E-state index is 0.00881. The van der Waals surface area contributed by atoms with E-state index in [1.165, 1.54) is 26.4 Å². The van der Waals surface area contributed by atoms with Crippen LogP contribution >= 0.6 is 0 Å². The van der Waals surface area contributed by atoms with Crippen molar-refractivity contribution in [1.82, 2.24) is 14.8 Å². The summed E-state index contributed by atoms with van der Waals surface area (Å²) in [5.74, 6) is 0.808. The van der Waals surface area contributed by atoms with Crippen molar-refractivity contribution in [2.24, 2.45) is 5.92 Å². The van der Waals surface area contributed by atoms with Crippen LogP contribution in [-0.4, -0.2) is 60.0 Å². The third kappa shape index (κ3) is 3.93. The van der Waals surface area contributed by atoms with Gasteiger partial charge in [0.15, 0.2) is 0 Å². The fourth-order valence-electron chi connectivity index (χ4n) is 4.02. The number of methoxy groups -OCH3 is 1. The van der Waals surface area contributed by atoms with E-state index in [0.717, 1.165) is 25.9 Å². The van der Waals surface area contributed by atoms with Gasteiger partial charge in [-0.2, -0.15) is 5.26 Å². The van der Waals surface area contributed by atoms with Crippen molar-refractivity contribution < 1.29 is 9.53 Å². The van der Waals surface area contributed by atoms with Crippen molar-refractivity contribution >= 4 is 5.91 Å². The van der Waals surface area contributed by atoms with Crippen molar-refractivity contribution in [2.45, 2.75) is 38.1 Å². The molecule has 1 saturated carbocycles. The third-order valence-electron chi connectivity index (χ3n) is 5.42. The fourth-order valence-corrected chi connectivity index (χ4v) is 4.02. The molecule has 0 aromatic carbocycles. The molecule has 0 unspecified atom stereocenters. The average Bonchev–Trinajstić information content (AvgIpc) is 2.69. The van der Waals surface area contributed by atoms with E-state index < -0.39 is 0 Å². The van der Waals surface area contributed by atoms with Gasteiger partial charge >= 0.3 is 0 Å². The number of pyridine rings is 1. The van der Waals surface area contributed by atoms with Gasteiger partial charge in [0.25, 0.3) is 5.91 Å². The number of aromatic nitrogens is 1. The van der Waals surface area contributed by atoms with Crippen molar-refractivity contribution in [3.8, 4) is 11.9 Å². The molecule has 6 nitrogen and oxygen atoms in total. The first-order valence-corrected chi connectivity index (χ1v) is 9.16. The summed E-state index contributed by atoms with van der Waals surface area (Å²) < 4.78 is 5.20. The first-order chi connectivity index (χ1) is 12.2. The molecule has 2 fully saturated rings. The Morgan fingerprint density at radius 3 is 2.64 bits per heavy atom.